The largest absolute Gasteiger partial charge is 0.456 e. The first-order chi connectivity index (χ1) is 24.8. The van der Waals surface area contributed by atoms with Crippen LogP contribution in [0.3, 0.4) is 0 Å². The molecule has 12 rings (SSSR count). The predicted octanol–water partition coefficient (Wildman–Crippen LogP) is 11.0. The third-order valence-electron chi connectivity index (χ3n) is 12.9. The van der Waals surface area contributed by atoms with E-state index >= 15 is 0 Å². The second-order valence-corrected chi connectivity index (χ2v) is 14.9. The van der Waals surface area contributed by atoms with Crippen molar-refractivity contribution < 1.29 is 8.98 Å². The summed E-state index contributed by atoms with van der Waals surface area (Å²) in [7, 11) is 0. The number of hydrogen-bond acceptors (Lipinski definition) is 1. The highest BCUT2D eigenvalue weighted by molar-refractivity contribution is 6.06. The number of nitrogens with zero attached hydrogens (tertiary/aromatic N) is 1. The molecular formula is C48H34NO+. The zero-order chi connectivity index (χ0) is 32.6. The molecule has 3 atom stereocenters. The Morgan fingerprint density at radius 3 is 2.14 bits per heavy atom. The van der Waals surface area contributed by atoms with E-state index < -0.39 is 0 Å². The van der Waals surface area contributed by atoms with Gasteiger partial charge in [0.05, 0.1) is 5.56 Å². The lowest BCUT2D eigenvalue weighted by Gasteiger charge is -2.47. The Kier molecular flexibility index (Phi) is 5.26. The van der Waals surface area contributed by atoms with Crippen LogP contribution in [0, 0.1) is 5.92 Å². The van der Waals surface area contributed by atoms with E-state index in [0.717, 1.165) is 30.6 Å². The average molecular weight is 641 g/mol. The zero-order valence-electron chi connectivity index (χ0n) is 27.6. The van der Waals surface area contributed by atoms with Crippen molar-refractivity contribution in [1.29, 1.82) is 0 Å². The van der Waals surface area contributed by atoms with E-state index in [1.165, 1.54) is 77.5 Å². The quantitative estimate of drug-likeness (QED) is 0.172. The van der Waals surface area contributed by atoms with Crippen LogP contribution in [0.1, 0.15) is 51.8 Å². The van der Waals surface area contributed by atoms with Crippen molar-refractivity contribution >= 4 is 21.7 Å². The molecule has 0 saturated heterocycles. The molecule has 0 radical (unpaired) electrons. The zero-order valence-corrected chi connectivity index (χ0v) is 27.6. The molecule has 3 aliphatic carbocycles. The molecule has 4 aliphatic rings. The molecule has 0 spiro atoms. The Bertz CT molecular complexity index is 2660. The number of aromatic nitrogens is 1. The standard InChI is InChI=1S/C48H34NO/c1-3-13-30(14-4-1)48(31-15-5-2-6-16-31)32-26-33-28-39-35(41-20-9-10-25-49(33)41)22-21-29-12-11-19-38(43(29)39)47-40(27-32)44-42(50-47)24-23-36-34-17-7-8-18-37(34)46(48)45(36)44/h1-25,32-33,46H,26-28H2/q+1. The Balaban J connectivity index is 1.30. The second-order valence-electron chi connectivity index (χ2n) is 14.9. The topological polar surface area (TPSA) is 17.0 Å². The molecule has 1 aliphatic heterocycles. The first-order valence-corrected chi connectivity index (χ1v) is 18.1. The van der Waals surface area contributed by atoms with Crippen molar-refractivity contribution in [2.24, 2.45) is 5.92 Å². The summed E-state index contributed by atoms with van der Waals surface area (Å²) in [5.74, 6) is 1.45. The molecule has 2 heteroatoms. The highest BCUT2D eigenvalue weighted by Gasteiger charge is 2.56. The minimum absolute atomic E-state index is 0.122. The summed E-state index contributed by atoms with van der Waals surface area (Å²) in [4.78, 5) is 0. The summed E-state index contributed by atoms with van der Waals surface area (Å²) >= 11 is 0. The third kappa shape index (κ3) is 3.27. The van der Waals surface area contributed by atoms with Crippen molar-refractivity contribution in [2.45, 2.75) is 36.6 Å². The van der Waals surface area contributed by atoms with E-state index in [4.69, 9.17) is 4.42 Å². The second kappa shape index (κ2) is 9.70. The molecule has 3 unspecified atom stereocenters. The Morgan fingerprint density at radius 1 is 0.560 bits per heavy atom. The van der Waals surface area contributed by atoms with Crippen molar-refractivity contribution in [3.05, 3.63) is 185 Å². The maximum absolute atomic E-state index is 7.19. The Hall–Kier alpha value is -5.73. The van der Waals surface area contributed by atoms with Crippen molar-refractivity contribution in [3.8, 4) is 33.7 Å². The van der Waals surface area contributed by atoms with E-state index in [0.29, 0.717) is 6.04 Å². The van der Waals surface area contributed by atoms with E-state index in [1.807, 2.05) is 0 Å². The van der Waals surface area contributed by atoms with Gasteiger partial charge in [-0.1, -0.05) is 115 Å². The van der Waals surface area contributed by atoms with Gasteiger partial charge in [-0.25, -0.2) is 0 Å². The first kappa shape index (κ1) is 27.1. The molecule has 4 bridgehead atoms. The molecule has 6 aromatic carbocycles. The monoisotopic (exact) mass is 640 g/mol. The third-order valence-corrected chi connectivity index (χ3v) is 12.9. The smallest absolute Gasteiger partial charge is 0.213 e. The van der Waals surface area contributed by atoms with Gasteiger partial charge < -0.3 is 4.42 Å². The maximum atomic E-state index is 7.19. The summed E-state index contributed by atoms with van der Waals surface area (Å²) < 4.78 is 9.80. The maximum Gasteiger partial charge on any atom is 0.213 e. The van der Waals surface area contributed by atoms with Gasteiger partial charge in [-0.15, -0.1) is 0 Å². The van der Waals surface area contributed by atoms with E-state index in [-0.39, 0.29) is 17.3 Å². The molecule has 2 nitrogen and oxygen atoms in total. The fourth-order valence-electron chi connectivity index (χ4n) is 11.1. The fourth-order valence-corrected chi connectivity index (χ4v) is 11.1. The van der Waals surface area contributed by atoms with Crippen LogP contribution in [0.5, 0.6) is 0 Å². The molecule has 0 N–H and O–H groups in total. The number of furan rings is 1. The molecule has 0 amide bonds. The number of fused-ring (bicyclic) bond motifs is 9. The molecule has 2 aromatic heterocycles. The number of hydrogen-bond donors (Lipinski definition) is 0. The van der Waals surface area contributed by atoms with E-state index in [2.05, 4.69) is 156 Å². The van der Waals surface area contributed by atoms with E-state index in [9.17, 15) is 0 Å². The normalized spacial score (nSPS) is 20.1. The average Bonchev–Trinajstić information content (AvgIpc) is 3.67. The minimum Gasteiger partial charge on any atom is -0.456 e. The summed E-state index contributed by atoms with van der Waals surface area (Å²) in [5.41, 5.74) is 15.8. The van der Waals surface area contributed by atoms with Gasteiger partial charge in [0.25, 0.3) is 0 Å². The van der Waals surface area contributed by atoms with Gasteiger partial charge in [-0.2, -0.15) is 4.57 Å². The summed E-state index contributed by atoms with van der Waals surface area (Å²) in [6.45, 7) is 0. The molecule has 8 aromatic rings. The lowest BCUT2D eigenvalue weighted by molar-refractivity contribution is -0.716. The van der Waals surface area contributed by atoms with Gasteiger partial charge >= 0.3 is 0 Å². The SMILES string of the molecule is c1ccc(C2(c3ccccc3)C3Cc4c(oc5ccc6c(c45)C2c2ccccc2-6)-c2cccc4ccc5c(c24)CC(C3)[n+]2ccccc2-5)cc1. The van der Waals surface area contributed by atoms with Crippen LogP contribution in [0.25, 0.3) is 55.4 Å². The molecule has 50 heavy (non-hydrogen) atoms. The molecule has 236 valence electrons. The van der Waals surface area contributed by atoms with Crippen molar-refractivity contribution in [1.82, 2.24) is 0 Å². The van der Waals surface area contributed by atoms with Crippen LogP contribution in [0.4, 0.5) is 0 Å². The van der Waals surface area contributed by atoms with Gasteiger partial charge in [0.2, 0.25) is 5.69 Å². The van der Waals surface area contributed by atoms with Gasteiger partial charge in [0.15, 0.2) is 12.2 Å². The highest BCUT2D eigenvalue weighted by Crippen LogP contribution is 2.65. The van der Waals surface area contributed by atoms with Gasteiger partial charge in [-0.3, -0.25) is 0 Å². The molecule has 3 heterocycles. The summed E-state index contributed by atoms with van der Waals surface area (Å²) in [6.07, 6.45) is 5.31. The van der Waals surface area contributed by atoms with Crippen LogP contribution < -0.4 is 4.57 Å². The Labute approximate surface area is 291 Å². The van der Waals surface area contributed by atoms with Crippen molar-refractivity contribution in [3.63, 3.8) is 0 Å². The highest BCUT2D eigenvalue weighted by atomic mass is 16.3. The lowest BCUT2D eigenvalue weighted by Crippen LogP contribution is -2.50. The van der Waals surface area contributed by atoms with Crippen molar-refractivity contribution in [2.75, 3.05) is 0 Å². The van der Waals surface area contributed by atoms with Crippen LogP contribution in [-0.4, -0.2) is 0 Å². The van der Waals surface area contributed by atoms with Crippen LogP contribution in [0.15, 0.2) is 156 Å². The molecule has 0 fully saturated rings. The van der Waals surface area contributed by atoms with Gasteiger partial charge in [-0.05, 0) is 80.3 Å². The molecular weight excluding hydrogens is 607 g/mol. The predicted molar refractivity (Wildman–Crippen MR) is 200 cm³/mol. The van der Waals surface area contributed by atoms with Crippen LogP contribution >= 0.6 is 0 Å². The van der Waals surface area contributed by atoms with Crippen LogP contribution in [0.2, 0.25) is 0 Å². The van der Waals surface area contributed by atoms with Crippen LogP contribution in [-0.2, 0) is 18.3 Å². The lowest BCUT2D eigenvalue weighted by atomic mass is 9.55. The number of pyridine rings is 1. The molecule has 0 saturated carbocycles. The first-order valence-electron chi connectivity index (χ1n) is 18.1. The number of rotatable bonds is 2. The van der Waals surface area contributed by atoms with Gasteiger partial charge in [0.1, 0.15) is 11.3 Å². The fraction of sp³-hybridized carbons (Fsp3) is 0.146. The minimum atomic E-state index is -0.331. The number of benzene rings is 6. The summed E-state index contributed by atoms with van der Waals surface area (Å²) in [5, 5.41) is 3.99. The van der Waals surface area contributed by atoms with E-state index in [1.54, 1.807) is 0 Å². The summed E-state index contributed by atoms with van der Waals surface area (Å²) in [6, 6.07) is 55.5. The Morgan fingerprint density at radius 2 is 1.30 bits per heavy atom. The van der Waals surface area contributed by atoms with Gasteiger partial charge in [0, 0.05) is 52.8 Å².